The van der Waals surface area contributed by atoms with E-state index in [2.05, 4.69) is 12.1 Å². The number of rotatable bonds is 7. The van der Waals surface area contributed by atoms with Crippen molar-refractivity contribution in [2.45, 2.75) is 32.1 Å². The van der Waals surface area contributed by atoms with Gasteiger partial charge in [0, 0.05) is 6.04 Å². The van der Waals surface area contributed by atoms with Crippen LogP contribution in [0.4, 0.5) is 0 Å². The minimum Gasteiger partial charge on any atom is -0.497 e. The Kier molecular flexibility index (Phi) is 5.78. The highest BCUT2D eigenvalue weighted by atomic mass is 16.5. The van der Waals surface area contributed by atoms with Gasteiger partial charge in [0.05, 0.1) is 19.8 Å². The van der Waals surface area contributed by atoms with Crippen LogP contribution in [-0.2, 0) is 11.3 Å². The van der Waals surface area contributed by atoms with Gasteiger partial charge in [-0.1, -0.05) is 42.5 Å². The highest BCUT2D eigenvalue weighted by Crippen LogP contribution is 2.24. The lowest BCUT2D eigenvalue weighted by Gasteiger charge is -2.20. The van der Waals surface area contributed by atoms with Gasteiger partial charge >= 0.3 is 0 Å². The van der Waals surface area contributed by atoms with Gasteiger partial charge in [-0.2, -0.15) is 0 Å². The number of methoxy groups -OCH3 is 1. The third-order valence-electron chi connectivity index (χ3n) is 3.34. The zero-order chi connectivity index (χ0) is 15.1. The molecule has 0 heterocycles. The molecule has 2 rings (SSSR count). The van der Waals surface area contributed by atoms with Gasteiger partial charge in [0.25, 0.3) is 0 Å². The van der Waals surface area contributed by atoms with Gasteiger partial charge in [0.15, 0.2) is 0 Å². The number of ether oxygens (including phenoxy) is 2. The molecule has 0 radical (unpaired) electrons. The van der Waals surface area contributed by atoms with Gasteiger partial charge in [0.2, 0.25) is 0 Å². The van der Waals surface area contributed by atoms with Crippen LogP contribution < -0.4 is 10.5 Å². The van der Waals surface area contributed by atoms with Crippen LogP contribution >= 0.6 is 0 Å². The molecule has 0 saturated heterocycles. The maximum atomic E-state index is 6.09. The van der Waals surface area contributed by atoms with Gasteiger partial charge in [-0.25, -0.2) is 0 Å². The van der Waals surface area contributed by atoms with E-state index in [0.29, 0.717) is 6.61 Å². The summed E-state index contributed by atoms with van der Waals surface area (Å²) in [7, 11) is 1.67. The Morgan fingerprint density at radius 2 is 1.81 bits per heavy atom. The van der Waals surface area contributed by atoms with E-state index in [1.807, 2.05) is 49.4 Å². The van der Waals surface area contributed by atoms with Crippen LogP contribution in [0.5, 0.6) is 5.75 Å². The van der Waals surface area contributed by atoms with E-state index in [4.69, 9.17) is 15.2 Å². The average Bonchev–Trinajstić information content (AvgIpc) is 2.52. The number of hydrogen-bond acceptors (Lipinski definition) is 3. The Morgan fingerprint density at radius 3 is 2.48 bits per heavy atom. The molecule has 0 aliphatic heterocycles. The molecular weight excluding hydrogens is 262 g/mol. The van der Waals surface area contributed by atoms with E-state index in [-0.39, 0.29) is 12.1 Å². The van der Waals surface area contributed by atoms with Crippen LogP contribution in [-0.4, -0.2) is 13.2 Å². The minimum absolute atomic E-state index is 0.0115. The Morgan fingerprint density at radius 1 is 1.05 bits per heavy atom. The Balaban J connectivity index is 2.05. The first-order chi connectivity index (χ1) is 10.2. The SMILES string of the molecule is COc1cccc(COC(CC(C)N)c2ccccc2)c1. The molecule has 112 valence electrons. The van der Waals surface area contributed by atoms with Gasteiger partial charge in [-0.15, -0.1) is 0 Å². The van der Waals surface area contributed by atoms with Crippen molar-refractivity contribution in [1.29, 1.82) is 0 Å². The fraction of sp³-hybridized carbons (Fsp3) is 0.333. The molecule has 0 aliphatic carbocycles. The highest BCUT2D eigenvalue weighted by Gasteiger charge is 2.14. The summed E-state index contributed by atoms with van der Waals surface area (Å²) in [4.78, 5) is 0. The lowest BCUT2D eigenvalue weighted by molar-refractivity contribution is 0.0304. The largest absolute Gasteiger partial charge is 0.497 e. The van der Waals surface area contributed by atoms with Crippen molar-refractivity contribution in [1.82, 2.24) is 0 Å². The zero-order valence-electron chi connectivity index (χ0n) is 12.7. The molecule has 0 spiro atoms. The van der Waals surface area contributed by atoms with Gasteiger partial charge in [0.1, 0.15) is 5.75 Å². The topological polar surface area (TPSA) is 44.5 Å². The van der Waals surface area contributed by atoms with Crippen molar-refractivity contribution >= 4 is 0 Å². The van der Waals surface area contributed by atoms with Crippen molar-refractivity contribution in [3.8, 4) is 5.75 Å². The van der Waals surface area contributed by atoms with Crippen LogP contribution in [0.15, 0.2) is 54.6 Å². The fourth-order valence-corrected chi connectivity index (χ4v) is 2.26. The third kappa shape index (κ3) is 4.88. The molecule has 0 aliphatic rings. The summed E-state index contributed by atoms with van der Waals surface area (Å²) < 4.78 is 11.3. The molecule has 0 aromatic heterocycles. The maximum Gasteiger partial charge on any atom is 0.119 e. The van der Waals surface area contributed by atoms with E-state index >= 15 is 0 Å². The molecule has 3 nitrogen and oxygen atoms in total. The zero-order valence-corrected chi connectivity index (χ0v) is 12.7. The third-order valence-corrected chi connectivity index (χ3v) is 3.34. The monoisotopic (exact) mass is 285 g/mol. The average molecular weight is 285 g/mol. The second-order valence-corrected chi connectivity index (χ2v) is 5.27. The molecule has 0 bridgehead atoms. The van der Waals surface area contributed by atoms with Crippen molar-refractivity contribution in [2.75, 3.05) is 7.11 Å². The first-order valence-electron chi connectivity index (χ1n) is 7.24. The standard InChI is InChI=1S/C18H23NO2/c1-14(19)11-18(16-8-4-3-5-9-16)21-13-15-7-6-10-17(12-15)20-2/h3-10,12,14,18H,11,13,19H2,1-2H3. The first-order valence-corrected chi connectivity index (χ1v) is 7.24. The van der Waals surface area contributed by atoms with Crippen LogP contribution in [0, 0.1) is 0 Å². The highest BCUT2D eigenvalue weighted by molar-refractivity contribution is 5.28. The lowest BCUT2D eigenvalue weighted by atomic mass is 10.0. The summed E-state index contributed by atoms with van der Waals surface area (Å²) in [6.45, 7) is 2.55. The molecule has 0 fully saturated rings. The minimum atomic E-state index is 0.0115. The number of hydrogen-bond donors (Lipinski definition) is 1. The van der Waals surface area contributed by atoms with Gasteiger partial charge < -0.3 is 15.2 Å². The van der Waals surface area contributed by atoms with Crippen molar-refractivity contribution in [3.05, 3.63) is 65.7 Å². The predicted octanol–water partition coefficient (Wildman–Crippen LogP) is 3.69. The van der Waals surface area contributed by atoms with Crippen LogP contribution in [0.25, 0.3) is 0 Å². The molecular formula is C18H23NO2. The summed E-state index contributed by atoms with van der Waals surface area (Å²) in [5.41, 5.74) is 8.21. The number of benzene rings is 2. The Labute approximate surface area is 126 Å². The van der Waals surface area contributed by atoms with Crippen molar-refractivity contribution in [3.63, 3.8) is 0 Å². The predicted molar refractivity (Wildman–Crippen MR) is 85.2 cm³/mol. The lowest BCUT2D eigenvalue weighted by Crippen LogP contribution is -2.20. The maximum absolute atomic E-state index is 6.09. The molecule has 2 atom stereocenters. The molecule has 0 saturated carbocycles. The molecule has 21 heavy (non-hydrogen) atoms. The smallest absolute Gasteiger partial charge is 0.119 e. The van der Waals surface area contributed by atoms with Crippen LogP contribution in [0.2, 0.25) is 0 Å². The van der Waals surface area contributed by atoms with Gasteiger partial charge in [-0.05, 0) is 36.6 Å². The van der Waals surface area contributed by atoms with Crippen LogP contribution in [0.3, 0.4) is 0 Å². The quantitative estimate of drug-likeness (QED) is 0.843. The van der Waals surface area contributed by atoms with E-state index in [0.717, 1.165) is 23.3 Å². The summed E-state index contributed by atoms with van der Waals surface area (Å²) in [5, 5.41) is 0. The van der Waals surface area contributed by atoms with Crippen molar-refractivity contribution < 1.29 is 9.47 Å². The first kappa shape index (κ1) is 15.5. The molecule has 2 unspecified atom stereocenters. The fourth-order valence-electron chi connectivity index (χ4n) is 2.26. The second-order valence-electron chi connectivity index (χ2n) is 5.27. The normalized spacial score (nSPS) is 13.7. The summed E-state index contributed by atoms with van der Waals surface area (Å²) >= 11 is 0. The second kappa shape index (κ2) is 7.81. The van der Waals surface area contributed by atoms with E-state index < -0.39 is 0 Å². The van der Waals surface area contributed by atoms with E-state index in [1.165, 1.54) is 0 Å². The molecule has 2 aromatic rings. The molecule has 2 N–H and O–H groups in total. The van der Waals surface area contributed by atoms with E-state index in [9.17, 15) is 0 Å². The summed E-state index contributed by atoms with van der Waals surface area (Å²) in [6.07, 6.45) is 0.811. The Hall–Kier alpha value is -1.84. The van der Waals surface area contributed by atoms with Crippen molar-refractivity contribution in [2.24, 2.45) is 5.73 Å². The number of nitrogens with two attached hydrogens (primary N) is 1. The Bertz CT molecular complexity index is 540. The van der Waals surface area contributed by atoms with E-state index in [1.54, 1.807) is 7.11 Å². The molecule has 3 heteroatoms. The van der Waals surface area contributed by atoms with Gasteiger partial charge in [-0.3, -0.25) is 0 Å². The summed E-state index contributed by atoms with van der Waals surface area (Å²) in [5.74, 6) is 0.847. The van der Waals surface area contributed by atoms with Crippen LogP contribution in [0.1, 0.15) is 30.6 Å². The molecule has 0 amide bonds. The molecule has 2 aromatic carbocycles. The summed E-state index contributed by atoms with van der Waals surface area (Å²) in [6, 6.07) is 18.3.